The van der Waals surface area contributed by atoms with E-state index in [0.29, 0.717) is 17.8 Å². The Bertz CT molecular complexity index is 336. The van der Waals surface area contributed by atoms with Gasteiger partial charge in [-0.2, -0.15) is 0 Å². The van der Waals surface area contributed by atoms with Gasteiger partial charge in [0, 0.05) is 18.5 Å². The van der Waals surface area contributed by atoms with Crippen LogP contribution in [0.5, 0.6) is 0 Å². The molecule has 0 radical (unpaired) electrons. The Kier molecular flexibility index (Phi) is 4.52. The predicted molar refractivity (Wildman–Crippen MR) is 68.4 cm³/mol. The van der Waals surface area contributed by atoms with Gasteiger partial charge in [0.1, 0.15) is 17.5 Å². The average molecular weight is 222 g/mol. The molecule has 1 atom stereocenters. The van der Waals surface area contributed by atoms with Crippen LogP contribution in [-0.2, 0) is 6.42 Å². The number of nitrogens with zero attached hydrogens (tertiary/aromatic N) is 2. The summed E-state index contributed by atoms with van der Waals surface area (Å²) in [5.41, 5.74) is 5.74. The van der Waals surface area contributed by atoms with E-state index in [2.05, 4.69) is 36.1 Å². The van der Waals surface area contributed by atoms with Crippen molar-refractivity contribution in [2.75, 3.05) is 11.1 Å². The Hall–Kier alpha value is -1.32. The molecule has 0 spiro atoms. The second-order valence-electron chi connectivity index (χ2n) is 4.35. The lowest BCUT2D eigenvalue weighted by molar-refractivity contribution is 0.509. The van der Waals surface area contributed by atoms with E-state index in [1.165, 1.54) is 0 Å². The van der Waals surface area contributed by atoms with E-state index in [1.54, 1.807) is 6.07 Å². The molecule has 3 N–H and O–H groups in total. The van der Waals surface area contributed by atoms with Gasteiger partial charge < -0.3 is 11.1 Å². The van der Waals surface area contributed by atoms with Crippen LogP contribution in [-0.4, -0.2) is 16.0 Å². The van der Waals surface area contributed by atoms with Gasteiger partial charge in [-0.05, 0) is 12.3 Å². The Morgan fingerprint density at radius 1 is 1.31 bits per heavy atom. The number of rotatable bonds is 5. The van der Waals surface area contributed by atoms with Crippen molar-refractivity contribution in [3.05, 3.63) is 11.9 Å². The maximum absolute atomic E-state index is 5.74. The van der Waals surface area contributed by atoms with E-state index in [0.717, 1.165) is 24.5 Å². The first-order valence-electron chi connectivity index (χ1n) is 5.96. The summed E-state index contributed by atoms with van der Waals surface area (Å²) in [7, 11) is 0. The lowest BCUT2D eigenvalue weighted by Crippen LogP contribution is -2.25. The monoisotopic (exact) mass is 222 g/mol. The number of nitrogens with one attached hydrogen (secondary N) is 1. The maximum Gasteiger partial charge on any atom is 0.132 e. The molecular formula is C12H22N4. The van der Waals surface area contributed by atoms with Gasteiger partial charge in [0.15, 0.2) is 0 Å². The number of hydrogen-bond donors (Lipinski definition) is 2. The zero-order valence-electron chi connectivity index (χ0n) is 10.6. The predicted octanol–water partition coefficient (Wildman–Crippen LogP) is 2.47. The van der Waals surface area contributed by atoms with Crippen LogP contribution in [0.4, 0.5) is 11.6 Å². The minimum atomic E-state index is 0.430. The Morgan fingerprint density at radius 2 is 2.00 bits per heavy atom. The van der Waals surface area contributed by atoms with Crippen molar-refractivity contribution in [3.63, 3.8) is 0 Å². The molecule has 0 amide bonds. The Morgan fingerprint density at radius 3 is 2.50 bits per heavy atom. The summed E-state index contributed by atoms with van der Waals surface area (Å²) < 4.78 is 0. The molecule has 0 aliphatic carbocycles. The number of anilines is 2. The normalized spacial score (nSPS) is 12.8. The van der Waals surface area contributed by atoms with Gasteiger partial charge in [0.2, 0.25) is 0 Å². The van der Waals surface area contributed by atoms with Crippen molar-refractivity contribution < 1.29 is 0 Å². The van der Waals surface area contributed by atoms with Gasteiger partial charge in [-0.1, -0.05) is 27.7 Å². The van der Waals surface area contributed by atoms with Crippen LogP contribution in [0.1, 0.15) is 39.9 Å². The van der Waals surface area contributed by atoms with Crippen molar-refractivity contribution in [3.8, 4) is 0 Å². The molecule has 4 nitrogen and oxygen atoms in total. The van der Waals surface area contributed by atoms with Crippen molar-refractivity contribution >= 4 is 11.6 Å². The van der Waals surface area contributed by atoms with E-state index in [4.69, 9.17) is 5.73 Å². The minimum absolute atomic E-state index is 0.430. The molecular weight excluding hydrogens is 200 g/mol. The summed E-state index contributed by atoms with van der Waals surface area (Å²) >= 11 is 0. The molecule has 1 aromatic rings. The second-order valence-corrected chi connectivity index (χ2v) is 4.35. The molecule has 90 valence electrons. The van der Waals surface area contributed by atoms with E-state index in [1.807, 2.05) is 6.92 Å². The Labute approximate surface area is 97.7 Å². The summed E-state index contributed by atoms with van der Waals surface area (Å²) in [6.07, 6.45) is 1.88. The number of aromatic nitrogens is 2. The van der Waals surface area contributed by atoms with Crippen LogP contribution in [0.2, 0.25) is 0 Å². The molecule has 1 unspecified atom stereocenters. The molecule has 1 rings (SSSR count). The highest BCUT2D eigenvalue weighted by Gasteiger charge is 2.12. The minimum Gasteiger partial charge on any atom is -0.384 e. The summed E-state index contributed by atoms with van der Waals surface area (Å²) in [6, 6.07) is 2.23. The van der Waals surface area contributed by atoms with Gasteiger partial charge in [0.25, 0.3) is 0 Å². The smallest absolute Gasteiger partial charge is 0.132 e. The van der Waals surface area contributed by atoms with Crippen molar-refractivity contribution in [1.29, 1.82) is 0 Å². The fraction of sp³-hybridized carbons (Fsp3) is 0.667. The highest BCUT2D eigenvalue weighted by atomic mass is 15.1. The Balaban J connectivity index is 2.83. The zero-order valence-corrected chi connectivity index (χ0v) is 10.6. The molecule has 1 aromatic heterocycles. The van der Waals surface area contributed by atoms with Crippen LogP contribution < -0.4 is 11.1 Å². The van der Waals surface area contributed by atoms with Crippen molar-refractivity contribution in [2.24, 2.45) is 5.92 Å². The summed E-state index contributed by atoms with van der Waals surface area (Å²) in [5.74, 6) is 2.74. The van der Waals surface area contributed by atoms with Crippen LogP contribution in [0.25, 0.3) is 0 Å². The second kappa shape index (κ2) is 5.68. The highest BCUT2D eigenvalue weighted by Crippen LogP contribution is 2.15. The summed E-state index contributed by atoms with van der Waals surface area (Å²) in [6.45, 7) is 8.60. The number of hydrogen-bond acceptors (Lipinski definition) is 4. The molecule has 0 saturated carbocycles. The molecule has 0 fully saturated rings. The quantitative estimate of drug-likeness (QED) is 0.803. The van der Waals surface area contributed by atoms with Crippen molar-refractivity contribution in [2.45, 2.75) is 46.6 Å². The topological polar surface area (TPSA) is 63.8 Å². The molecule has 0 aliphatic rings. The fourth-order valence-corrected chi connectivity index (χ4v) is 1.68. The average Bonchev–Trinajstić information content (AvgIpc) is 2.24. The van der Waals surface area contributed by atoms with E-state index in [-0.39, 0.29) is 0 Å². The zero-order chi connectivity index (χ0) is 12.1. The number of nitrogen functional groups attached to an aromatic ring is 1. The van der Waals surface area contributed by atoms with Gasteiger partial charge in [0.05, 0.1) is 0 Å². The van der Waals surface area contributed by atoms with Crippen molar-refractivity contribution in [1.82, 2.24) is 9.97 Å². The SMILES string of the molecule is CCc1nc(N)cc(NC(CC)C(C)C)n1. The fourth-order valence-electron chi connectivity index (χ4n) is 1.68. The van der Waals surface area contributed by atoms with Crippen LogP contribution >= 0.6 is 0 Å². The third-order valence-electron chi connectivity index (χ3n) is 2.69. The first kappa shape index (κ1) is 12.7. The van der Waals surface area contributed by atoms with Gasteiger partial charge >= 0.3 is 0 Å². The first-order chi connectivity index (χ1) is 7.56. The molecule has 1 heterocycles. The van der Waals surface area contributed by atoms with Gasteiger partial charge in [-0.25, -0.2) is 9.97 Å². The third-order valence-corrected chi connectivity index (χ3v) is 2.69. The lowest BCUT2D eigenvalue weighted by atomic mass is 10.0. The largest absolute Gasteiger partial charge is 0.384 e. The van der Waals surface area contributed by atoms with Gasteiger partial charge in [-0.15, -0.1) is 0 Å². The van der Waals surface area contributed by atoms with Crippen LogP contribution in [0.15, 0.2) is 6.07 Å². The van der Waals surface area contributed by atoms with Gasteiger partial charge in [-0.3, -0.25) is 0 Å². The molecule has 0 aromatic carbocycles. The summed E-state index contributed by atoms with van der Waals surface area (Å²) in [4.78, 5) is 8.58. The summed E-state index contributed by atoms with van der Waals surface area (Å²) in [5, 5.41) is 3.41. The van der Waals surface area contributed by atoms with Crippen LogP contribution in [0.3, 0.4) is 0 Å². The van der Waals surface area contributed by atoms with E-state index >= 15 is 0 Å². The lowest BCUT2D eigenvalue weighted by Gasteiger charge is -2.21. The molecule has 4 heteroatoms. The molecule has 0 aliphatic heterocycles. The van der Waals surface area contributed by atoms with E-state index in [9.17, 15) is 0 Å². The highest BCUT2D eigenvalue weighted by molar-refractivity contribution is 5.45. The van der Waals surface area contributed by atoms with Crippen LogP contribution in [0, 0.1) is 5.92 Å². The maximum atomic E-state index is 5.74. The number of aryl methyl sites for hydroxylation is 1. The molecule has 0 saturated heterocycles. The molecule has 16 heavy (non-hydrogen) atoms. The third kappa shape index (κ3) is 3.36. The standard InChI is InChI=1S/C12H22N4/c1-5-9(8(3)4)14-12-7-10(13)15-11(6-2)16-12/h7-9H,5-6H2,1-4H3,(H3,13,14,15,16). The molecule has 0 bridgehead atoms. The number of nitrogens with two attached hydrogens (primary N) is 1. The van der Waals surface area contributed by atoms with E-state index < -0.39 is 0 Å². The first-order valence-corrected chi connectivity index (χ1v) is 5.96.